The van der Waals surface area contributed by atoms with Crippen LogP contribution in [0.15, 0.2) is 0 Å². The lowest BCUT2D eigenvalue weighted by atomic mass is 10.1. The third-order valence-electron chi connectivity index (χ3n) is 4.87. The number of carbonyl (C=O) groups is 2. The predicted molar refractivity (Wildman–Crippen MR) is 92.1 cm³/mol. The number of rotatable bonds is 5. The van der Waals surface area contributed by atoms with Gasteiger partial charge in [0.15, 0.2) is 0 Å². The summed E-state index contributed by atoms with van der Waals surface area (Å²) in [6, 6.07) is 0.366. The molecule has 0 aromatic heterocycles. The molecule has 23 heavy (non-hydrogen) atoms. The second kappa shape index (κ2) is 8.13. The monoisotopic (exact) mass is 323 g/mol. The molecule has 0 bridgehead atoms. The molecule has 0 spiro atoms. The lowest BCUT2D eigenvalue weighted by molar-refractivity contribution is -0.130. The van der Waals surface area contributed by atoms with Crippen molar-refractivity contribution in [2.24, 2.45) is 5.92 Å². The van der Waals surface area contributed by atoms with E-state index in [1.807, 2.05) is 4.90 Å². The number of amides is 2. The summed E-state index contributed by atoms with van der Waals surface area (Å²) in [5, 5.41) is 6.33. The number of nitrogens with zero attached hydrogens (tertiary/aromatic N) is 1. The van der Waals surface area contributed by atoms with Crippen molar-refractivity contribution < 1.29 is 9.59 Å². The third-order valence-corrected chi connectivity index (χ3v) is 4.87. The number of likely N-dealkylation sites (tertiary alicyclic amines) is 1. The zero-order chi connectivity index (χ0) is 16.9. The molecule has 1 atom stereocenters. The van der Waals surface area contributed by atoms with Crippen LogP contribution in [0.5, 0.6) is 0 Å². The van der Waals surface area contributed by atoms with Crippen molar-refractivity contribution in [1.29, 1.82) is 0 Å². The largest absolute Gasteiger partial charge is 0.355 e. The van der Waals surface area contributed by atoms with Gasteiger partial charge in [-0.2, -0.15) is 0 Å². The molecular formula is C18H33N3O2. The van der Waals surface area contributed by atoms with Gasteiger partial charge in [0.05, 0.1) is 5.92 Å². The van der Waals surface area contributed by atoms with Crippen LogP contribution in [0, 0.1) is 5.92 Å². The topological polar surface area (TPSA) is 61.4 Å². The maximum Gasteiger partial charge on any atom is 0.225 e. The molecule has 2 amide bonds. The lowest BCUT2D eigenvalue weighted by Crippen LogP contribution is -2.43. The standard InChI is InChI=1S/C18H33N3O2/c1-18(2,3)20-11-10-19-17(23)14-12-16(22)21(13-14)15-8-6-4-5-7-9-15/h14-15,20H,4-13H2,1-3H3,(H,19,23). The highest BCUT2D eigenvalue weighted by atomic mass is 16.2. The molecule has 0 aromatic carbocycles. The molecule has 1 heterocycles. The van der Waals surface area contributed by atoms with Gasteiger partial charge in [-0.15, -0.1) is 0 Å². The molecule has 5 heteroatoms. The van der Waals surface area contributed by atoms with E-state index in [1.165, 1.54) is 25.7 Å². The molecule has 2 fully saturated rings. The van der Waals surface area contributed by atoms with Gasteiger partial charge in [0.2, 0.25) is 11.8 Å². The van der Waals surface area contributed by atoms with Gasteiger partial charge >= 0.3 is 0 Å². The summed E-state index contributed by atoms with van der Waals surface area (Å²) >= 11 is 0. The first-order chi connectivity index (χ1) is 10.9. The minimum absolute atomic E-state index is 0.0326. The van der Waals surface area contributed by atoms with Crippen molar-refractivity contribution in [3.05, 3.63) is 0 Å². The van der Waals surface area contributed by atoms with E-state index in [-0.39, 0.29) is 23.3 Å². The first kappa shape index (κ1) is 18.2. The molecule has 1 saturated carbocycles. The van der Waals surface area contributed by atoms with E-state index >= 15 is 0 Å². The van der Waals surface area contributed by atoms with Crippen molar-refractivity contribution in [3.63, 3.8) is 0 Å². The SMILES string of the molecule is CC(C)(C)NCCNC(=O)C1CC(=O)N(C2CCCCCC2)C1. The van der Waals surface area contributed by atoms with Gasteiger partial charge in [0.1, 0.15) is 0 Å². The summed E-state index contributed by atoms with van der Waals surface area (Å²) in [7, 11) is 0. The summed E-state index contributed by atoms with van der Waals surface area (Å²) in [5.74, 6) is 0.0374. The number of hydrogen-bond acceptors (Lipinski definition) is 3. The average molecular weight is 323 g/mol. The summed E-state index contributed by atoms with van der Waals surface area (Å²) in [4.78, 5) is 26.6. The smallest absolute Gasteiger partial charge is 0.225 e. The Balaban J connectivity index is 1.76. The van der Waals surface area contributed by atoms with Crippen LogP contribution in [0.25, 0.3) is 0 Å². The Bertz CT molecular complexity index is 409. The molecule has 1 saturated heterocycles. The molecule has 132 valence electrons. The van der Waals surface area contributed by atoms with Crippen LogP contribution in [0.1, 0.15) is 65.7 Å². The lowest BCUT2D eigenvalue weighted by Gasteiger charge is -2.27. The van der Waals surface area contributed by atoms with E-state index in [0.717, 1.165) is 19.4 Å². The number of hydrogen-bond donors (Lipinski definition) is 2. The number of nitrogens with one attached hydrogen (secondary N) is 2. The van der Waals surface area contributed by atoms with Gasteiger partial charge < -0.3 is 15.5 Å². The minimum atomic E-state index is -0.166. The Labute approximate surface area is 140 Å². The van der Waals surface area contributed by atoms with E-state index in [4.69, 9.17) is 0 Å². The Hall–Kier alpha value is -1.10. The van der Waals surface area contributed by atoms with Crippen LogP contribution in [-0.2, 0) is 9.59 Å². The van der Waals surface area contributed by atoms with Gasteiger partial charge in [-0.05, 0) is 33.6 Å². The molecule has 5 nitrogen and oxygen atoms in total. The van der Waals surface area contributed by atoms with Gasteiger partial charge in [-0.3, -0.25) is 9.59 Å². The highest BCUT2D eigenvalue weighted by molar-refractivity contribution is 5.89. The van der Waals surface area contributed by atoms with Crippen LogP contribution < -0.4 is 10.6 Å². The first-order valence-electron chi connectivity index (χ1n) is 9.19. The van der Waals surface area contributed by atoms with Crippen LogP contribution >= 0.6 is 0 Å². The Morgan fingerprint density at radius 1 is 1.13 bits per heavy atom. The van der Waals surface area contributed by atoms with E-state index in [2.05, 4.69) is 31.4 Å². The minimum Gasteiger partial charge on any atom is -0.355 e. The van der Waals surface area contributed by atoms with Gasteiger partial charge in [-0.1, -0.05) is 25.7 Å². The van der Waals surface area contributed by atoms with Crippen molar-refractivity contribution in [2.45, 2.75) is 77.3 Å². The summed E-state index contributed by atoms with van der Waals surface area (Å²) < 4.78 is 0. The van der Waals surface area contributed by atoms with E-state index in [1.54, 1.807) is 0 Å². The average Bonchev–Trinajstić information content (AvgIpc) is 2.70. The van der Waals surface area contributed by atoms with Crippen LogP contribution in [0.2, 0.25) is 0 Å². The molecule has 0 radical (unpaired) electrons. The van der Waals surface area contributed by atoms with Crippen molar-refractivity contribution in [3.8, 4) is 0 Å². The fraction of sp³-hybridized carbons (Fsp3) is 0.889. The zero-order valence-electron chi connectivity index (χ0n) is 15.0. The van der Waals surface area contributed by atoms with Crippen LogP contribution in [-0.4, -0.2) is 47.9 Å². The highest BCUT2D eigenvalue weighted by Gasteiger charge is 2.37. The Morgan fingerprint density at radius 3 is 2.39 bits per heavy atom. The summed E-state index contributed by atoms with van der Waals surface area (Å²) in [6.07, 6.45) is 7.58. The quantitative estimate of drug-likeness (QED) is 0.601. The van der Waals surface area contributed by atoms with Crippen LogP contribution in [0.3, 0.4) is 0 Å². The van der Waals surface area contributed by atoms with E-state index in [9.17, 15) is 9.59 Å². The highest BCUT2D eigenvalue weighted by Crippen LogP contribution is 2.28. The molecular weight excluding hydrogens is 290 g/mol. The fourth-order valence-electron chi connectivity index (χ4n) is 3.60. The molecule has 1 unspecified atom stereocenters. The van der Waals surface area contributed by atoms with E-state index in [0.29, 0.717) is 25.6 Å². The Morgan fingerprint density at radius 2 is 1.78 bits per heavy atom. The normalized spacial score (nSPS) is 23.9. The van der Waals surface area contributed by atoms with Crippen molar-refractivity contribution in [2.75, 3.05) is 19.6 Å². The molecule has 2 rings (SSSR count). The number of carbonyl (C=O) groups excluding carboxylic acids is 2. The molecule has 2 N–H and O–H groups in total. The van der Waals surface area contributed by atoms with Crippen molar-refractivity contribution in [1.82, 2.24) is 15.5 Å². The summed E-state index contributed by atoms with van der Waals surface area (Å²) in [6.45, 7) is 8.30. The van der Waals surface area contributed by atoms with Gasteiger partial charge in [-0.25, -0.2) is 0 Å². The van der Waals surface area contributed by atoms with Crippen molar-refractivity contribution >= 4 is 11.8 Å². The molecule has 1 aliphatic heterocycles. The summed E-state index contributed by atoms with van der Waals surface area (Å²) in [5.41, 5.74) is 0.0599. The second-order valence-electron chi connectivity index (χ2n) is 8.06. The fourth-order valence-corrected chi connectivity index (χ4v) is 3.60. The first-order valence-corrected chi connectivity index (χ1v) is 9.19. The third kappa shape index (κ3) is 5.79. The van der Waals surface area contributed by atoms with Gasteiger partial charge in [0, 0.05) is 37.6 Å². The molecule has 2 aliphatic rings. The van der Waals surface area contributed by atoms with E-state index < -0.39 is 0 Å². The molecule has 1 aliphatic carbocycles. The maximum absolute atomic E-state index is 12.3. The maximum atomic E-state index is 12.3. The Kier molecular flexibility index (Phi) is 6.45. The zero-order valence-corrected chi connectivity index (χ0v) is 15.0. The molecule has 0 aromatic rings. The second-order valence-corrected chi connectivity index (χ2v) is 8.06. The predicted octanol–water partition coefficient (Wildman–Crippen LogP) is 2.06. The van der Waals surface area contributed by atoms with Crippen LogP contribution in [0.4, 0.5) is 0 Å². The van der Waals surface area contributed by atoms with Gasteiger partial charge in [0.25, 0.3) is 0 Å².